The largest absolute Gasteiger partial charge is 0.494 e. The Labute approximate surface area is 164 Å². The second-order valence-electron chi connectivity index (χ2n) is 6.25. The number of esters is 1. The minimum atomic E-state index is -0.460. The summed E-state index contributed by atoms with van der Waals surface area (Å²) in [6.45, 7) is 0.0279. The van der Waals surface area contributed by atoms with Gasteiger partial charge in [-0.1, -0.05) is 18.2 Å². The molecule has 0 radical (unpaired) electrons. The minimum absolute atomic E-state index is 0.122. The number of carbonyl (C=O) groups is 3. The molecule has 0 fully saturated rings. The van der Waals surface area contributed by atoms with Crippen LogP contribution in [0.2, 0.25) is 0 Å². The maximum absolute atomic E-state index is 11.9. The van der Waals surface area contributed by atoms with E-state index < -0.39 is 11.9 Å². The normalized spacial score (nSPS) is 10.1. The summed E-state index contributed by atoms with van der Waals surface area (Å²) in [5, 5.41) is 2.62. The highest BCUT2D eigenvalue weighted by atomic mass is 16.5. The van der Waals surface area contributed by atoms with Crippen LogP contribution in [0, 0.1) is 0 Å². The molecule has 2 aromatic rings. The maximum atomic E-state index is 11.9. The monoisotopic (exact) mass is 384 g/mol. The van der Waals surface area contributed by atoms with E-state index in [1.807, 2.05) is 30.3 Å². The zero-order chi connectivity index (χ0) is 20.4. The van der Waals surface area contributed by atoms with Gasteiger partial charge in [0.25, 0.3) is 11.8 Å². The van der Waals surface area contributed by atoms with Crippen LogP contribution in [-0.2, 0) is 14.3 Å². The lowest BCUT2D eigenvalue weighted by molar-refractivity contribution is -0.147. The number of anilines is 1. The Kier molecular flexibility index (Phi) is 8.02. The van der Waals surface area contributed by atoms with Crippen molar-refractivity contribution in [2.75, 3.05) is 32.6 Å². The molecule has 0 heterocycles. The van der Waals surface area contributed by atoms with Crippen molar-refractivity contribution in [1.29, 1.82) is 0 Å². The zero-order valence-corrected chi connectivity index (χ0v) is 16.0. The molecule has 2 aromatic carbocycles. The summed E-state index contributed by atoms with van der Waals surface area (Å²) in [5.74, 6) is -0.282. The lowest BCUT2D eigenvalue weighted by Gasteiger charge is -2.11. The number of benzene rings is 2. The second kappa shape index (κ2) is 10.7. The molecule has 1 N–H and O–H groups in total. The van der Waals surface area contributed by atoms with E-state index in [1.165, 1.54) is 4.90 Å². The molecule has 0 saturated carbocycles. The van der Waals surface area contributed by atoms with Crippen molar-refractivity contribution < 1.29 is 23.9 Å². The number of carbonyl (C=O) groups excluding carboxylic acids is 3. The van der Waals surface area contributed by atoms with Crippen LogP contribution in [0.3, 0.4) is 0 Å². The molecule has 2 rings (SSSR count). The van der Waals surface area contributed by atoms with Crippen LogP contribution in [0.15, 0.2) is 54.6 Å². The smallest absolute Gasteiger partial charge is 0.306 e. The third-order valence-electron chi connectivity index (χ3n) is 3.72. The lowest BCUT2D eigenvalue weighted by atomic mass is 10.2. The van der Waals surface area contributed by atoms with Crippen molar-refractivity contribution in [2.24, 2.45) is 0 Å². The first-order chi connectivity index (χ1) is 13.5. The molecule has 0 atom stereocenters. The molecular weight excluding hydrogens is 360 g/mol. The molecule has 148 valence electrons. The Balaban J connectivity index is 1.64. The minimum Gasteiger partial charge on any atom is -0.494 e. The van der Waals surface area contributed by atoms with Crippen LogP contribution in [0.4, 0.5) is 5.69 Å². The lowest BCUT2D eigenvalue weighted by Crippen LogP contribution is -2.22. The summed E-state index contributed by atoms with van der Waals surface area (Å²) >= 11 is 0. The highest BCUT2D eigenvalue weighted by molar-refractivity contribution is 5.96. The molecule has 0 saturated heterocycles. The Morgan fingerprint density at radius 3 is 2.29 bits per heavy atom. The Morgan fingerprint density at radius 1 is 0.964 bits per heavy atom. The van der Waals surface area contributed by atoms with E-state index in [1.54, 1.807) is 38.4 Å². The Hall–Kier alpha value is -3.35. The second-order valence-corrected chi connectivity index (χ2v) is 6.25. The summed E-state index contributed by atoms with van der Waals surface area (Å²) in [5.41, 5.74) is 1.04. The van der Waals surface area contributed by atoms with Crippen LogP contribution in [0.25, 0.3) is 0 Å². The molecule has 0 aliphatic rings. The number of para-hydroxylation sites is 1. The van der Waals surface area contributed by atoms with Gasteiger partial charge in [-0.25, -0.2) is 0 Å². The van der Waals surface area contributed by atoms with Crippen LogP contribution in [0.5, 0.6) is 5.75 Å². The van der Waals surface area contributed by atoms with Crippen molar-refractivity contribution in [1.82, 2.24) is 4.90 Å². The van der Waals surface area contributed by atoms with Crippen molar-refractivity contribution in [2.45, 2.75) is 12.8 Å². The number of rotatable bonds is 9. The first-order valence-corrected chi connectivity index (χ1v) is 8.91. The highest BCUT2D eigenvalue weighted by Crippen LogP contribution is 2.11. The van der Waals surface area contributed by atoms with E-state index in [9.17, 15) is 14.4 Å². The van der Waals surface area contributed by atoms with Gasteiger partial charge in [0.15, 0.2) is 6.61 Å². The van der Waals surface area contributed by atoms with Gasteiger partial charge in [-0.3, -0.25) is 14.4 Å². The van der Waals surface area contributed by atoms with E-state index >= 15 is 0 Å². The predicted molar refractivity (Wildman–Crippen MR) is 105 cm³/mol. The van der Waals surface area contributed by atoms with E-state index in [-0.39, 0.29) is 18.9 Å². The topological polar surface area (TPSA) is 84.9 Å². The Morgan fingerprint density at radius 2 is 1.64 bits per heavy atom. The van der Waals surface area contributed by atoms with Gasteiger partial charge in [0.2, 0.25) is 0 Å². The molecule has 0 aromatic heterocycles. The first kappa shape index (κ1) is 21.0. The van der Waals surface area contributed by atoms with E-state index in [4.69, 9.17) is 9.47 Å². The Bertz CT molecular complexity index is 788. The summed E-state index contributed by atoms with van der Waals surface area (Å²) in [4.78, 5) is 36.9. The van der Waals surface area contributed by atoms with Gasteiger partial charge >= 0.3 is 5.97 Å². The fourth-order valence-electron chi connectivity index (χ4n) is 2.29. The fraction of sp³-hybridized carbons (Fsp3) is 0.286. The van der Waals surface area contributed by atoms with Gasteiger partial charge in [0.1, 0.15) is 5.75 Å². The summed E-state index contributed by atoms with van der Waals surface area (Å²) in [6.07, 6.45) is 0.665. The van der Waals surface area contributed by atoms with Crippen LogP contribution >= 0.6 is 0 Å². The third kappa shape index (κ3) is 7.11. The van der Waals surface area contributed by atoms with E-state index in [0.717, 1.165) is 5.75 Å². The first-order valence-electron chi connectivity index (χ1n) is 8.91. The number of ether oxygens (including phenoxy) is 2. The highest BCUT2D eigenvalue weighted by Gasteiger charge is 2.10. The molecule has 2 amide bonds. The van der Waals surface area contributed by atoms with Crippen molar-refractivity contribution in [3.63, 3.8) is 0 Å². The van der Waals surface area contributed by atoms with E-state index in [0.29, 0.717) is 24.3 Å². The molecule has 0 spiro atoms. The number of hydrogen-bond donors (Lipinski definition) is 1. The number of nitrogens with one attached hydrogen (secondary N) is 1. The third-order valence-corrected chi connectivity index (χ3v) is 3.72. The number of amides is 2. The molecular formula is C21H24N2O5. The van der Waals surface area contributed by atoms with Crippen LogP contribution in [0.1, 0.15) is 23.2 Å². The summed E-state index contributed by atoms with van der Waals surface area (Å²) < 4.78 is 10.4. The van der Waals surface area contributed by atoms with Crippen molar-refractivity contribution >= 4 is 23.5 Å². The van der Waals surface area contributed by atoms with Gasteiger partial charge in [0, 0.05) is 31.8 Å². The molecule has 0 aliphatic carbocycles. The SMILES string of the molecule is CN(C)C(=O)c1ccc(NC(=O)COC(=O)CCCOc2ccccc2)cc1. The fourth-order valence-corrected chi connectivity index (χ4v) is 2.29. The van der Waals surface area contributed by atoms with Gasteiger partial charge < -0.3 is 19.7 Å². The van der Waals surface area contributed by atoms with Gasteiger partial charge in [-0.05, 0) is 42.8 Å². The predicted octanol–water partition coefficient (Wildman–Crippen LogP) is 2.73. The summed E-state index contributed by atoms with van der Waals surface area (Å²) in [6, 6.07) is 15.8. The number of hydrogen-bond acceptors (Lipinski definition) is 5. The number of nitrogens with zero attached hydrogens (tertiary/aromatic N) is 1. The molecule has 0 bridgehead atoms. The quantitative estimate of drug-likeness (QED) is 0.531. The van der Waals surface area contributed by atoms with Crippen LogP contribution < -0.4 is 10.1 Å². The molecule has 7 nitrogen and oxygen atoms in total. The molecule has 28 heavy (non-hydrogen) atoms. The van der Waals surface area contributed by atoms with Crippen molar-refractivity contribution in [3.8, 4) is 5.75 Å². The maximum Gasteiger partial charge on any atom is 0.306 e. The van der Waals surface area contributed by atoms with Crippen LogP contribution in [-0.4, -0.2) is 50.0 Å². The molecule has 0 aliphatic heterocycles. The molecule has 7 heteroatoms. The average molecular weight is 384 g/mol. The molecule has 0 unspecified atom stereocenters. The van der Waals surface area contributed by atoms with Gasteiger partial charge in [-0.2, -0.15) is 0 Å². The standard InChI is InChI=1S/C21H24N2O5/c1-23(2)21(26)16-10-12-17(13-11-16)22-19(24)15-28-20(25)9-6-14-27-18-7-4-3-5-8-18/h3-5,7-8,10-13H,6,9,14-15H2,1-2H3,(H,22,24). The summed E-state index contributed by atoms with van der Waals surface area (Å²) in [7, 11) is 3.33. The van der Waals surface area contributed by atoms with E-state index in [2.05, 4.69) is 5.32 Å². The average Bonchev–Trinajstić information content (AvgIpc) is 2.70. The van der Waals surface area contributed by atoms with Crippen molar-refractivity contribution in [3.05, 3.63) is 60.2 Å². The van der Waals surface area contributed by atoms with Gasteiger partial charge in [-0.15, -0.1) is 0 Å². The van der Waals surface area contributed by atoms with Gasteiger partial charge in [0.05, 0.1) is 6.61 Å². The zero-order valence-electron chi connectivity index (χ0n) is 16.0.